The lowest BCUT2D eigenvalue weighted by Gasteiger charge is -2.13. The molecule has 1 fully saturated rings. The number of nitrogens with one attached hydrogen (secondary N) is 1. The van der Waals surface area contributed by atoms with Gasteiger partial charge in [-0.3, -0.25) is 0 Å². The Morgan fingerprint density at radius 2 is 2.05 bits per heavy atom. The minimum Gasteiger partial charge on any atom is -0.489 e. The zero-order chi connectivity index (χ0) is 13.8. The average molecular weight is 298 g/mol. The van der Waals surface area contributed by atoms with E-state index < -0.39 is 0 Å². The van der Waals surface area contributed by atoms with Crippen LogP contribution in [0.25, 0.3) is 0 Å². The molecular weight excluding hydrogens is 278 g/mol. The number of rotatable bonds is 4. The van der Waals surface area contributed by atoms with Crippen LogP contribution in [0.15, 0.2) is 12.1 Å². The van der Waals surface area contributed by atoms with E-state index in [-0.39, 0.29) is 0 Å². The van der Waals surface area contributed by atoms with Crippen LogP contribution < -0.4 is 14.8 Å². The molecule has 3 rings (SSSR count). The number of benzene rings is 1. The third-order valence-corrected chi connectivity index (χ3v) is 3.87. The Bertz CT molecular complexity index is 461. The summed E-state index contributed by atoms with van der Waals surface area (Å²) in [5.41, 5.74) is 1.11. The summed E-state index contributed by atoms with van der Waals surface area (Å²) in [5, 5.41) is 4.04. The molecule has 2 aliphatic rings. The summed E-state index contributed by atoms with van der Waals surface area (Å²) in [6.45, 7) is 3.87. The van der Waals surface area contributed by atoms with E-state index in [2.05, 4.69) is 5.32 Å². The molecule has 1 aromatic carbocycles. The molecule has 1 aromatic rings. The minimum absolute atomic E-state index is 0.353. The van der Waals surface area contributed by atoms with E-state index in [0.29, 0.717) is 30.1 Å². The largest absolute Gasteiger partial charge is 0.489 e. The molecular formula is C15H20ClNO3. The molecule has 20 heavy (non-hydrogen) atoms. The lowest BCUT2D eigenvalue weighted by atomic mass is 10.2. The molecule has 110 valence electrons. The molecule has 2 aliphatic heterocycles. The van der Waals surface area contributed by atoms with Gasteiger partial charge in [0.25, 0.3) is 0 Å². The van der Waals surface area contributed by atoms with Crippen molar-refractivity contribution in [1.29, 1.82) is 0 Å². The van der Waals surface area contributed by atoms with E-state index in [1.165, 1.54) is 6.42 Å². The van der Waals surface area contributed by atoms with Crippen molar-refractivity contribution in [2.24, 2.45) is 0 Å². The van der Waals surface area contributed by atoms with Crippen LogP contribution >= 0.6 is 11.6 Å². The summed E-state index contributed by atoms with van der Waals surface area (Å²) < 4.78 is 16.9. The molecule has 5 heteroatoms. The van der Waals surface area contributed by atoms with Crippen LogP contribution in [0.3, 0.4) is 0 Å². The molecule has 4 nitrogen and oxygen atoms in total. The Balaban J connectivity index is 1.61. The number of hydrogen-bond donors (Lipinski definition) is 1. The zero-order valence-electron chi connectivity index (χ0n) is 11.5. The predicted octanol–water partition coefficient (Wildman–Crippen LogP) is 2.77. The maximum Gasteiger partial charge on any atom is 0.179 e. The van der Waals surface area contributed by atoms with Gasteiger partial charge in [-0.1, -0.05) is 11.6 Å². The molecule has 0 aliphatic carbocycles. The van der Waals surface area contributed by atoms with Gasteiger partial charge in [0.2, 0.25) is 0 Å². The number of fused-ring (bicyclic) bond motifs is 1. The van der Waals surface area contributed by atoms with Gasteiger partial charge >= 0.3 is 0 Å². The number of halogens is 1. The highest BCUT2D eigenvalue weighted by Gasteiger charge is 2.17. The zero-order valence-corrected chi connectivity index (χ0v) is 12.2. The van der Waals surface area contributed by atoms with Crippen LogP contribution in [0.4, 0.5) is 0 Å². The highest BCUT2D eigenvalue weighted by Crippen LogP contribution is 2.37. The smallest absolute Gasteiger partial charge is 0.179 e. The van der Waals surface area contributed by atoms with Gasteiger partial charge in [-0.05, 0) is 30.5 Å². The predicted molar refractivity (Wildman–Crippen MR) is 77.7 cm³/mol. The monoisotopic (exact) mass is 297 g/mol. The van der Waals surface area contributed by atoms with Crippen molar-refractivity contribution < 1.29 is 14.2 Å². The molecule has 2 heterocycles. The van der Waals surface area contributed by atoms with Crippen LogP contribution in [0, 0.1) is 0 Å². The first kappa shape index (κ1) is 14.0. The fourth-order valence-corrected chi connectivity index (χ4v) is 2.86. The summed E-state index contributed by atoms with van der Waals surface area (Å²) in [7, 11) is 0. The lowest BCUT2D eigenvalue weighted by Crippen LogP contribution is -2.25. The lowest BCUT2D eigenvalue weighted by molar-refractivity contribution is 0.110. The topological polar surface area (TPSA) is 39.7 Å². The van der Waals surface area contributed by atoms with E-state index >= 15 is 0 Å². The molecule has 1 saturated heterocycles. The second-order valence-corrected chi connectivity index (χ2v) is 5.63. The van der Waals surface area contributed by atoms with Crippen LogP contribution in [0.2, 0.25) is 5.02 Å². The van der Waals surface area contributed by atoms with Crippen molar-refractivity contribution in [2.45, 2.75) is 31.9 Å². The maximum absolute atomic E-state index is 6.27. The third-order valence-electron chi connectivity index (χ3n) is 3.59. The Hall–Kier alpha value is -0.970. The molecule has 0 aromatic heterocycles. The van der Waals surface area contributed by atoms with Gasteiger partial charge in [0.15, 0.2) is 11.5 Å². The quantitative estimate of drug-likeness (QED) is 0.928. The Kier molecular flexibility index (Phi) is 4.65. The summed E-state index contributed by atoms with van der Waals surface area (Å²) in [5.74, 6) is 1.43. The van der Waals surface area contributed by atoms with Crippen molar-refractivity contribution in [3.05, 3.63) is 22.7 Å². The van der Waals surface area contributed by atoms with Crippen LogP contribution in [-0.2, 0) is 11.3 Å². The standard InChI is InChI=1S/C15H20ClNO3/c16-13-7-11(9-17-10-12-3-1-4-18-12)8-14-15(13)20-6-2-5-19-14/h7-8,12,17H,1-6,9-10H2. The Morgan fingerprint density at radius 1 is 1.15 bits per heavy atom. The van der Waals surface area contributed by atoms with Gasteiger partial charge in [0.05, 0.1) is 24.3 Å². The normalized spacial score (nSPS) is 21.8. The fraction of sp³-hybridized carbons (Fsp3) is 0.600. The molecule has 0 spiro atoms. The summed E-state index contributed by atoms with van der Waals surface area (Å²) >= 11 is 6.27. The van der Waals surface area contributed by atoms with Crippen molar-refractivity contribution in [3.8, 4) is 11.5 Å². The van der Waals surface area contributed by atoms with Gasteiger partial charge in [0.1, 0.15) is 0 Å². The van der Waals surface area contributed by atoms with E-state index in [9.17, 15) is 0 Å². The molecule has 0 saturated carbocycles. The summed E-state index contributed by atoms with van der Waals surface area (Å²) in [6, 6.07) is 3.95. The second kappa shape index (κ2) is 6.66. The van der Waals surface area contributed by atoms with Crippen molar-refractivity contribution in [2.75, 3.05) is 26.4 Å². The van der Waals surface area contributed by atoms with Gasteiger partial charge in [-0.15, -0.1) is 0 Å². The van der Waals surface area contributed by atoms with E-state index in [1.54, 1.807) is 0 Å². The van der Waals surface area contributed by atoms with Gasteiger partial charge in [-0.25, -0.2) is 0 Å². The number of ether oxygens (including phenoxy) is 3. The molecule has 1 N–H and O–H groups in total. The average Bonchev–Trinajstić information content (AvgIpc) is 2.83. The fourth-order valence-electron chi connectivity index (χ4n) is 2.57. The van der Waals surface area contributed by atoms with Gasteiger partial charge in [0, 0.05) is 26.1 Å². The maximum atomic E-state index is 6.27. The Morgan fingerprint density at radius 3 is 2.90 bits per heavy atom. The molecule has 0 bridgehead atoms. The number of hydrogen-bond acceptors (Lipinski definition) is 4. The SMILES string of the molecule is Clc1cc(CNCC2CCCO2)cc2c1OCCCO2. The first-order valence-corrected chi connectivity index (χ1v) is 7.61. The van der Waals surface area contributed by atoms with E-state index in [0.717, 1.165) is 43.9 Å². The van der Waals surface area contributed by atoms with Gasteiger partial charge in [-0.2, -0.15) is 0 Å². The highest BCUT2D eigenvalue weighted by molar-refractivity contribution is 6.32. The minimum atomic E-state index is 0.353. The molecule has 0 radical (unpaired) electrons. The summed E-state index contributed by atoms with van der Waals surface area (Å²) in [6.07, 6.45) is 3.56. The van der Waals surface area contributed by atoms with E-state index in [4.69, 9.17) is 25.8 Å². The molecule has 0 amide bonds. The van der Waals surface area contributed by atoms with E-state index in [1.807, 2.05) is 12.1 Å². The van der Waals surface area contributed by atoms with Crippen LogP contribution in [0.1, 0.15) is 24.8 Å². The third kappa shape index (κ3) is 3.37. The van der Waals surface area contributed by atoms with Gasteiger partial charge < -0.3 is 19.5 Å². The molecule has 1 unspecified atom stereocenters. The first-order chi connectivity index (χ1) is 9.83. The van der Waals surface area contributed by atoms with Crippen LogP contribution in [-0.4, -0.2) is 32.5 Å². The molecule has 1 atom stereocenters. The second-order valence-electron chi connectivity index (χ2n) is 5.22. The Labute approximate surface area is 124 Å². The van der Waals surface area contributed by atoms with Crippen molar-refractivity contribution in [1.82, 2.24) is 5.32 Å². The van der Waals surface area contributed by atoms with Crippen molar-refractivity contribution >= 4 is 11.6 Å². The van der Waals surface area contributed by atoms with Crippen molar-refractivity contribution in [3.63, 3.8) is 0 Å². The first-order valence-electron chi connectivity index (χ1n) is 7.23. The highest BCUT2D eigenvalue weighted by atomic mass is 35.5. The van der Waals surface area contributed by atoms with Crippen LogP contribution in [0.5, 0.6) is 11.5 Å². The summed E-state index contributed by atoms with van der Waals surface area (Å²) in [4.78, 5) is 0.